The SMILES string of the molecule is CC[C@@H]1CCc2sc(C(=O)N(C)CC(=O)N3c4ccccc4NC(=O)C[C@@H]3C)cc2C1. The van der Waals surface area contributed by atoms with Crippen molar-refractivity contribution in [3.8, 4) is 0 Å². The summed E-state index contributed by atoms with van der Waals surface area (Å²) in [5, 5.41) is 2.86. The Labute approximate surface area is 187 Å². The van der Waals surface area contributed by atoms with E-state index in [4.69, 9.17) is 0 Å². The van der Waals surface area contributed by atoms with Gasteiger partial charge in [-0.05, 0) is 55.9 Å². The molecule has 1 aliphatic heterocycles. The molecule has 6 nitrogen and oxygen atoms in total. The molecule has 3 amide bonds. The summed E-state index contributed by atoms with van der Waals surface area (Å²) in [6.45, 7) is 4.04. The van der Waals surface area contributed by atoms with Crippen molar-refractivity contribution in [2.24, 2.45) is 5.92 Å². The topological polar surface area (TPSA) is 69.7 Å². The fraction of sp³-hybridized carbons (Fsp3) is 0.458. The molecule has 1 aromatic carbocycles. The first kappa shape index (κ1) is 21.6. The molecule has 2 heterocycles. The van der Waals surface area contributed by atoms with Crippen LogP contribution in [0.4, 0.5) is 11.4 Å². The number of fused-ring (bicyclic) bond motifs is 2. The predicted molar refractivity (Wildman–Crippen MR) is 124 cm³/mol. The Hall–Kier alpha value is -2.67. The lowest BCUT2D eigenvalue weighted by Gasteiger charge is -2.29. The van der Waals surface area contributed by atoms with Crippen LogP contribution >= 0.6 is 11.3 Å². The van der Waals surface area contributed by atoms with Crippen molar-refractivity contribution in [2.75, 3.05) is 23.8 Å². The fourth-order valence-corrected chi connectivity index (χ4v) is 5.76. The van der Waals surface area contributed by atoms with E-state index in [0.717, 1.165) is 12.8 Å². The molecule has 0 spiro atoms. The third-order valence-electron chi connectivity index (χ3n) is 6.32. The van der Waals surface area contributed by atoms with Gasteiger partial charge in [0.15, 0.2) is 0 Å². The average molecular weight is 440 g/mol. The smallest absolute Gasteiger partial charge is 0.264 e. The zero-order chi connectivity index (χ0) is 22.1. The number of likely N-dealkylation sites (N-methyl/N-ethyl adjacent to an activating group) is 1. The number of aryl methyl sites for hydroxylation is 1. The van der Waals surface area contributed by atoms with Gasteiger partial charge in [0.05, 0.1) is 16.3 Å². The normalized spacial score (nSPS) is 20.4. The Morgan fingerprint density at radius 1 is 1.26 bits per heavy atom. The highest BCUT2D eigenvalue weighted by molar-refractivity contribution is 7.14. The molecule has 2 aromatic rings. The second-order valence-electron chi connectivity index (χ2n) is 8.62. The molecule has 0 fully saturated rings. The van der Waals surface area contributed by atoms with Crippen molar-refractivity contribution in [2.45, 2.75) is 52.0 Å². The van der Waals surface area contributed by atoms with E-state index in [-0.39, 0.29) is 36.7 Å². The van der Waals surface area contributed by atoms with Crippen molar-refractivity contribution in [3.05, 3.63) is 45.6 Å². The number of amides is 3. The van der Waals surface area contributed by atoms with Gasteiger partial charge in [0.1, 0.15) is 6.54 Å². The monoisotopic (exact) mass is 439 g/mol. The standard InChI is InChI=1S/C24H29N3O3S/c1-4-16-9-10-20-17(12-16)13-21(31-20)24(30)26(3)14-23(29)27-15(2)11-22(28)25-18-7-5-6-8-19(18)27/h5-8,13,15-16H,4,9-12,14H2,1-3H3,(H,25,28)/t15-,16+/m0/s1. The van der Waals surface area contributed by atoms with E-state index in [1.807, 2.05) is 31.2 Å². The van der Waals surface area contributed by atoms with Crippen LogP contribution in [0.25, 0.3) is 0 Å². The largest absolute Gasteiger partial charge is 0.332 e. The van der Waals surface area contributed by atoms with Crippen LogP contribution in [0.3, 0.4) is 0 Å². The number of carbonyl (C=O) groups excluding carboxylic acids is 3. The van der Waals surface area contributed by atoms with Crippen molar-refractivity contribution in [1.82, 2.24) is 4.90 Å². The Morgan fingerprint density at radius 2 is 2.03 bits per heavy atom. The second kappa shape index (κ2) is 8.83. The van der Waals surface area contributed by atoms with Gasteiger partial charge >= 0.3 is 0 Å². The number of rotatable bonds is 4. The van der Waals surface area contributed by atoms with Gasteiger partial charge < -0.3 is 15.1 Å². The van der Waals surface area contributed by atoms with Crippen molar-refractivity contribution in [3.63, 3.8) is 0 Å². The minimum absolute atomic E-state index is 0.0359. The van der Waals surface area contributed by atoms with Gasteiger partial charge in [-0.15, -0.1) is 11.3 Å². The lowest BCUT2D eigenvalue weighted by molar-refractivity contribution is -0.119. The lowest BCUT2D eigenvalue weighted by atomic mass is 9.87. The van der Waals surface area contributed by atoms with Crippen LogP contribution < -0.4 is 10.2 Å². The number of nitrogens with one attached hydrogen (secondary N) is 1. The minimum atomic E-state index is -0.292. The van der Waals surface area contributed by atoms with Gasteiger partial charge in [0.25, 0.3) is 5.91 Å². The van der Waals surface area contributed by atoms with E-state index in [0.29, 0.717) is 22.2 Å². The molecule has 4 rings (SSSR count). The zero-order valence-corrected chi connectivity index (χ0v) is 19.1. The summed E-state index contributed by atoms with van der Waals surface area (Å²) >= 11 is 1.57. The summed E-state index contributed by atoms with van der Waals surface area (Å²) in [6.07, 6.45) is 4.65. The Balaban J connectivity index is 1.50. The van der Waals surface area contributed by atoms with E-state index in [9.17, 15) is 14.4 Å². The fourth-order valence-electron chi connectivity index (χ4n) is 4.56. The van der Waals surface area contributed by atoms with Crippen LogP contribution in [0.2, 0.25) is 0 Å². The predicted octanol–water partition coefficient (Wildman–Crippen LogP) is 4.10. The highest BCUT2D eigenvalue weighted by atomic mass is 32.1. The lowest BCUT2D eigenvalue weighted by Crippen LogP contribution is -2.45. The highest BCUT2D eigenvalue weighted by Gasteiger charge is 2.31. The number of para-hydroxylation sites is 2. The first-order chi connectivity index (χ1) is 14.9. The zero-order valence-electron chi connectivity index (χ0n) is 18.3. The van der Waals surface area contributed by atoms with Crippen molar-refractivity contribution < 1.29 is 14.4 Å². The summed E-state index contributed by atoms with van der Waals surface area (Å²) in [6, 6.07) is 9.03. The van der Waals surface area contributed by atoms with E-state index >= 15 is 0 Å². The van der Waals surface area contributed by atoms with E-state index in [1.165, 1.54) is 28.2 Å². The molecule has 1 aromatic heterocycles. The molecule has 31 heavy (non-hydrogen) atoms. The third kappa shape index (κ3) is 4.37. The maximum Gasteiger partial charge on any atom is 0.264 e. The van der Waals surface area contributed by atoms with Crippen LogP contribution in [0, 0.1) is 5.92 Å². The molecule has 0 saturated carbocycles. The van der Waals surface area contributed by atoms with Crippen LogP contribution in [-0.2, 0) is 22.4 Å². The summed E-state index contributed by atoms with van der Waals surface area (Å²) in [7, 11) is 1.67. The molecular formula is C24H29N3O3S. The quantitative estimate of drug-likeness (QED) is 0.780. The summed E-state index contributed by atoms with van der Waals surface area (Å²) in [5.74, 6) is 0.268. The van der Waals surface area contributed by atoms with Crippen LogP contribution in [0.1, 0.15) is 53.2 Å². The van der Waals surface area contributed by atoms with Gasteiger partial charge in [-0.3, -0.25) is 14.4 Å². The molecule has 7 heteroatoms. The number of thiophene rings is 1. The molecule has 2 atom stereocenters. The minimum Gasteiger partial charge on any atom is -0.332 e. The average Bonchev–Trinajstić information content (AvgIpc) is 3.11. The van der Waals surface area contributed by atoms with Crippen LogP contribution in [-0.4, -0.2) is 42.3 Å². The van der Waals surface area contributed by atoms with Gasteiger partial charge in [-0.25, -0.2) is 0 Å². The van der Waals surface area contributed by atoms with Gasteiger partial charge in [0.2, 0.25) is 11.8 Å². The number of nitrogens with zero attached hydrogens (tertiary/aromatic N) is 2. The van der Waals surface area contributed by atoms with Gasteiger partial charge in [-0.2, -0.15) is 0 Å². The molecule has 2 aliphatic rings. The van der Waals surface area contributed by atoms with Gasteiger partial charge in [-0.1, -0.05) is 25.5 Å². The maximum absolute atomic E-state index is 13.2. The molecule has 0 radical (unpaired) electrons. The molecule has 0 bridgehead atoms. The molecule has 1 N–H and O–H groups in total. The summed E-state index contributed by atoms with van der Waals surface area (Å²) < 4.78 is 0. The Bertz CT molecular complexity index is 1020. The number of benzene rings is 1. The molecule has 164 valence electrons. The maximum atomic E-state index is 13.2. The molecule has 0 saturated heterocycles. The van der Waals surface area contributed by atoms with E-state index in [1.54, 1.807) is 29.4 Å². The molecule has 1 aliphatic carbocycles. The third-order valence-corrected chi connectivity index (χ3v) is 7.55. The highest BCUT2D eigenvalue weighted by Crippen LogP contribution is 2.34. The second-order valence-corrected chi connectivity index (χ2v) is 9.76. The summed E-state index contributed by atoms with van der Waals surface area (Å²) in [5.41, 5.74) is 2.59. The van der Waals surface area contributed by atoms with Crippen LogP contribution in [0.15, 0.2) is 30.3 Å². The molecular weight excluding hydrogens is 410 g/mol. The first-order valence-corrected chi connectivity index (χ1v) is 11.8. The first-order valence-electron chi connectivity index (χ1n) is 10.9. The van der Waals surface area contributed by atoms with Crippen molar-refractivity contribution >= 4 is 40.4 Å². The van der Waals surface area contributed by atoms with Crippen LogP contribution in [0.5, 0.6) is 0 Å². The van der Waals surface area contributed by atoms with E-state index < -0.39 is 0 Å². The van der Waals surface area contributed by atoms with Gasteiger partial charge in [0, 0.05) is 24.4 Å². The number of anilines is 2. The Kier molecular flexibility index (Phi) is 6.14. The van der Waals surface area contributed by atoms with E-state index in [2.05, 4.69) is 12.2 Å². The van der Waals surface area contributed by atoms with Crippen molar-refractivity contribution in [1.29, 1.82) is 0 Å². The molecule has 0 unspecified atom stereocenters. The number of hydrogen-bond donors (Lipinski definition) is 1. The number of hydrogen-bond acceptors (Lipinski definition) is 4. The Morgan fingerprint density at radius 3 is 2.81 bits per heavy atom. The number of carbonyl (C=O) groups is 3. The summed E-state index contributed by atoms with van der Waals surface area (Å²) in [4.78, 5) is 43.6.